The van der Waals surface area contributed by atoms with Gasteiger partial charge in [0.15, 0.2) is 17.3 Å². The highest BCUT2D eigenvalue weighted by Crippen LogP contribution is 2.44. The molecule has 1 aromatic heterocycles. The standard InChI is InChI=1S/C50H55F2N7O9S/c1-5-67-43-27-33(11-16-42(43)66-3)41(29-69(4,64)65)59-47(61)37-7-6-8-39(45(37)48(59)62)57-24-18-32(19-25-57)38-20-23-56(30-50(38,51)52)22-17-31-9-12-34(13-10-31)68-35-14-15-36-40(28-35)55(2)54-46(36)58-26-21-44(60)53-49(58)63/h6-16,27-28,32,38,41H,5,17-26,29-30H2,1-4H3,(H,53,60,63)/t38-,41+/m0/s1. The van der Waals surface area contributed by atoms with Crippen molar-refractivity contribution >= 4 is 56.0 Å². The summed E-state index contributed by atoms with van der Waals surface area (Å²) in [7, 11) is -0.441. The number of rotatable bonds is 15. The highest BCUT2D eigenvalue weighted by atomic mass is 32.2. The van der Waals surface area contributed by atoms with E-state index in [-0.39, 0.29) is 42.5 Å². The smallest absolute Gasteiger partial charge is 0.329 e. The van der Waals surface area contributed by atoms with Gasteiger partial charge in [-0.15, -0.1) is 0 Å². The number of nitrogens with zero attached hydrogens (tertiary/aromatic N) is 6. The molecule has 16 nitrogen and oxygen atoms in total. The van der Waals surface area contributed by atoms with E-state index in [9.17, 15) is 27.6 Å². The summed E-state index contributed by atoms with van der Waals surface area (Å²) in [5.41, 5.74) is 3.02. The zero-order valence-corrected chi connectivity index (χ0v) is 39.8. The maximum absolute atomic E-state index is 16.1. The zero-order valence-electron chi connectivity index (χ0n) is 39.0. The number of sulfone groups is 1. The predicted molar refractivity (Wildman–Crippen MR) is 254 cm³/mol. The molecule has 5 heterocycles. The van der Waals surface area contributed by atoms with Crippen molar-refractivity contribution in [3.63, 3.8) is 0 Å². The lowest BCUT2D eigenvalue weighted by Gasteiger charge is -2.45. The molecule has 5 aromatic rings. The Morgan fingerprint density at radius 2 is 1.64 bits per heavy atom. The molecule has 0 radical (unpaired) electrons. The lowest BCUT2D eigenvalue weighted by atomic mass is 9.76. The van der Waals surface area contributed by atoms with E-state index >= 15 is 8.78 Å². The third kappa shape index (κ3) is 9.71. The van der Waals surface area contributed by atoms with Gasteiger partial charge in [-0.2, -0.15) is 5.10 Å². The number of aryl methyl sites for hydroxylation is 1. The number of likely N-dealkylation sites (tertiary alicyclic amines) is 1. The molecule has 4 aliphatic rings. The molecule has 2 atom stereocenters. The van der Waals surface area contributed by atoms with E-state index in [1.165, 1.54) is 12.0 Å². The predicted octanol–water partition coefficient (Wildman–Crippen LogP) is 7.02. The second-order valence-corrected chi connectivity index (χ2v) is 20.5. The van der Waals surface area contributed by atoms with Crippen molar-refractivity contribution in [2.75, 3.05) is 74.8 Å². The first-order valence-electron chi connectivity index (χ1n) is 23.2. The molecular weight excluding hydrogens is 913 g/mol. The first kappa shape index (κ1) is 47.5. The minimum absolute atomic E-state index is 0.169. The van der Waals surface area contributed by atoms with Gasteiger partial charge in [-0.1, -0.05) is 24.3 Å². The van der Waals surface area contributed by atoms with Crippen LogP contribution < -0.4 is 29.3 Å². The highest BCUT2D eigenvalue weighted by molar-refractivity contribution is 7.90. The van der Waals surface area contributed by atoms with Gasteiger partial charge in [0.1, 0.15) is 21.3 Å². The lowest BCUT2D eigenvalue weighted by Crippen LogP contribution is -2.52. The van der Waals surface area contributed by atoms with Crippen molar-refractivity contribution in [2.24, 2.45) is 18.9 Å². The van der Waals surface area contributed by atoms with E-state index in [0.29, 0.717) is 98.5 Å². The fourth-order valence-corrected chi connectivity index (χ4v) is 11.3. The van der Waals surface area contributed by atoms with E-state index in [1.54, 1.807) is 61.1 Å². The van der Waals surface area contributed by atoms with E-state index in [4.69, 9.17) is 14.2 Å². The first-order chi connectivity index (χ1) is 33.0. The molecule has 3 saturated heterocycles. The van der Waals surface area contributed by atoms with Gasteiger partial charge in [0.25, 0.3) is 17.7 Å². The summed E-state index contributed by atoms with van der Waals surface area (Å²) in [6.45, 7) is 3.88. The molecule has 4 aliphatic heterocycles. The SMILES string of the molecule is CCOc1cc([C@@H](CS(C)(=O)=O)N2C(=O)c3cccc(N4CCC([C@@H]5CCN(CCc6ccc(Oc7ccc8c(N9CCC(=O)NC9=O)nn(C)c8c7)cc6)CC5(F)F)CC4)c3C2=O)ccc1OC. The minimum atomic E-state index is -3.69. The molecule has 19 heteroatoms. The van der Waals surface area contributed by atoms with Crippen molar-refractivity contribution in [2.45, 2.75) is 51.0 Å². The molecule has 1 N–H and O–H groups in total. The Kier molecular flexibility index (Phi) is 13.1. The number of aromatic nitrogens is 2. The molecular formula is C50H55F2N7O9S. The van der Waals surface area contributed by atoms with Crippen molar-refractivity contribution in [1.29, 1.82) is 0 Å². The van der Waals surface area contributed by atoms with Crippen LogP contribution in [0.15, 0.2) is 78.9 Å². The molecule has 9 rings (SSSR count). The number of urea groups is 1. The van der Waals surface area contributed by atoms with Crippen LogP contribution in [-0.4, -0.2) is 123 Å². The number of anilines is 2. The summed E-state index contributed by atoms with van der Waals surface area (Å²) in [6.07, 6.45) is 3.18. The van der Waals surface area contributed by atoms with Crippen LogP contribution in [0.5, 0.6) is 23.0 Å². The monoisotopic (exact) mass is 967 g/mol. The third-order valence-electron chi connectivity index (χ3n) is 13.7. The van der Waals surface area contributed by atoms with Crippen LogP contribution in [0, 0.1) is 11.8 Å². The Balaban J connectivity index is 0.794. The van der Waals surface area contributed by atoms with Crippen molar-refractivity contribution < 1.29 is 50.6 Å². The quantitative estimate of drug-likeness (QED) is 0.107. The maximum Gasteiger partial charge on any atom is 0.329 e. The van der Waals surface area contributed by atoms with Gasteiger partial charge in [0, 0.05) is 63.3 Å². The second-order valence-electron chi connectivity index (χ2n) is 18.3. The van der Waals surface area contributed by atoms with E-state index < -0.39 is 51.3 Å². The normalized spacial score (nSPS) is 19.5. The summed E-state index contributed by atoms with van der Waals surface area (Å²) in [5.74, 6) is -3.54. The molecule has 69 heavy (non-hydrogen) atoms. The first-order valence-corrected chi connectivity index (χ1v) is 25.3. The Bertz CT molecular complexity index is 2920. The van der Waals surface area contributed by atoms with Crippen LogP contribution in [-0.2, 0) is 28.1 Å². The molecule has 3 fully saturated rings. The number of carbonyl (C=O) groups is 4. The number of alkyl halides is 2. The number of piperidine rings is 2. The van der Waals surface area contributed by atoms with Crippen LogP contribution in [0.2, 0.25) is 0 Å². The lowest BCUT2D eigenvalue weighted by molar-refractivity contribution is -0.131. The molecule has 0 aliphatic carbocycles. The summed E-state index contributed by atoms with van der Waals surface area (Å²) < 4.78 is 76.6. The fourth-order valence-electron chi connectivity index (χ4n) is 10.3. The summed E-state index contributed by atoms with van der Waals surface area (Å²) in [5, 5.41) is 7.60. The van der Waals surface area contributed by atoms with Gasteiger partial charge in [-0.05, 0) is 105 Å². The van der Waals surface area contributed by atoms with Crippen LogP contribution >= 0.6 is 0 Å². The topological polar surface area (TPSA) is 173 Å². The van der Waals surface area contributed by atoms with Crippen LogP contribution in [0.25, 0.3) is 10.9 Å². The number of hydrogen-bond acceptors (Lipinski definition) is 12. The van der Waals surface area contributed by atoms with Crippen LogP contribution in [0.1, 0.15) is 70.5 Å². The number of amides is 5. The van der Waals surface area contributed by atoms with E-state index in [0.717, 1.165) is 27.6 Å². The van der Waals surface area contributed by atoms with Crippen molar-refractivity contribution in [3.8, 4) is 23.0 Å². The van der Waals surface area contributed by atoms with Crippen molar-refractivity contribution in [1.82, 2.24) is 24.9 Å². The van der Waals surface area contributed by atoms with E-state index in [2.05, 4.69) is 10.4 Å². The number of benzene rings is 4. The molecule has 0 spiro atoms. The second kappa shape index (κ2) is 19.1. The Morgan fingerprint density at radius 3 is 2.33 bits per heavy atom. The molecule has 0 bridgehead atoms. The number of nitrogens with one attached hydrogen (secondary N) is 1. The summed E-state index contributed by atoms with van der Waals surface area (Å²) in [4.78, 5) is 58.8. The van der Waals surface area contributed by atoms with Gasteiger partial charge >= 0.3 is 6.03 Å². The van der Waals surface area contributed by atoms with Crippen LogP contribution in [0.4, 0.5) is 25.1 Å². The molecule has 0 unspecified atom stereocenters. The Labute approximate surface area is 399 Å². The molecule has 4 aromatic carbocycles. The maximum atomic E-state index is 16.1. The fraction of sp³-hybridized carbons (Fsp3) is 0.420. The van der Waals surface area contributed by atoms with Crippen LogP contribution in [0.3, 0.4) is 0 Å². The van der Waals surface area contributed by atoms with Gasteiger partial charge in [-0.25, -0.2) is 22.0 Å². The van der Waals surface area contributed by atoms with Gasteiger partial charge in [0.2, 0.25) is 5.91 Å². The number of carbonyl (C=O) groups excluding carboxylic acids is 4. The third-order valence-corrected chi connectivity index (χ3v) is 14.7. The average molecular weight is 968 g/mol. The Morgan fingerprint density at radius 1 is 0.884 bits per heavy atom. The number of methoxy groups -OCH3 is 1. The zero-order chi connectivity index (χ0) is 48.8. The molecule has 364 valence electrons. The minimum Gasteiger partial charge on any atom is -0.493 e. The average Bonchev–Trinajstić information content (AvgIpc) is 3.78. The molecule has 0 saturated carbocycles. The number of ether oxygens (including phenoxy) is 3. The van der Waals surface area contributed by atoms with Crippen molar-refractivity contribution in [3.05, 3.63) is 101 Å². The number of halogens is 2. The number of imide groups is 2. The summed E-state index contributed by atoms with van der Waals surface area (Å²) >= 11 is 0. The number of fused-ring (bicyclic) bond motifs is 2. The van der Waals surface area contributed by atoms with E-state index in [1.807, 2.05) is 46.2 Å². The van der Waals surface area contributed by atoms with Gasteiger partial charge in [0.05, 0.1) is 54.4 Å². The largest absolute Gasteiger partial charge is 0.493 e. The van der Waals surface area contributed by atoms with Gasteiger partial charge in [-0.3, -0.25) is 39.1 Å². The van der Waals surface area contributed by atoms with Gasteiger partial charge < -0.3 is 19.1 Å². The molecule has 5 amide bonds. The number of hydrogen-bond donors (Lipinski definition) is 1. The Hall–Kier alpha value is -6.60. The summed E-state index contributed by atoms with van der Waals surface area (Å²) in [6, 6.07) is 21.2. The highest BCUT2D eigenvalue weighted by Gasteiger charge is 2.49.